The smallest absolute Gasteiger partial charge is 0.0438 e. The molecule has 5 N–H and O–H groups in total. The summed E-state index contributed by atoms with van der Waals surface area (Å²) in [6, 6.07) is 0. The number of nitrogen functional groups attached to an aromatic ring is 2. The molecule has 0 aliphatic rings. The van der Waals surface area contributed by atoms with Gasteiger partial charge in [0.2, 0.25) is 0 Å². The zero-order chi connectivity index (χ0) is 10.2. The highest BCUT2D eigenvalue weighted by molar-refractivity contribution is 5.79. The zero-order valence-corrected chi connectivity index (χ0v) is 8.65. The highest BCUT2D eigenvalue weighted by Crippen LogP contribution is 2.33. The maximum atomic E-state index is 5.91. The van der Waals surface area contributed by atoms with Gasteiger partial charge in [-0.3, -0.25) is 0 Å². The van der Waals surface area contributed by atoms with Gasteiger partial charge < -0.3 is 16.8 Å². The Morgan fingerprint density at radius 2 is 1.23 bits per heavy atom. The van der Waals surface area contributed by atoms with Gasteiger partial charge in [-0.2, -0.15) is 0 Å². The number of nitrogens with one attached hydrogen (secondary N) is 1. The van der Waals surface area contributed by atoms with E-state index in [0.29, 0.717) is 0 Å². The Labute approximate surface area is 79.1 Å². The fourth-order valence-corrected chi connectivity index (χ4v) is 1.63. The van der Waals surface area contributed by atoms with E-state index >= 15 is 0 Å². The molecule has 0 radical (unpaired) electrons. The molecule has 13 heavy (non-hydrogen) atoms. The van der Waals surface area contributed by atoms with Gasteiger partial charge in [-0.15, -0.1) is 0 Å². The van der Waals surface area contributed by atoms with Crippen LogP contribution in [0.3, 0.4) is 0 Å². The summed E-state index contributed by atoms with van der Waals surface area (Å²) in [5.74, 6) is 0. The Bertz CT molecular complexity index is 314. The molecule has 3 heteroatoms. The Morgan fingerprint density at radius 1 is 0.846 bits per heavy atom. The van der Waals surface area contributed by atoms with Crippen molar-refractivity contribution in [3.63, 3.8) is 0 Å². The van der Waals surface area contributed by atoms with E-state index in [9.17, 15) is 0 Å². The molecule has 0 unspecified atom stereocenters. The van der Waals surface area contributed by atoms with Gasteiger partial charge in [-0.25, -0.2) is 0 Å². The van der Waals surface area contributed by atoms with Crippen LogP contribution in [0.1, 0.15) is 16.7 Å². The second-order valence-corrected chi connectivity index (χ2v) is 3.33. The summed E-state index contributed by atoms with van der Waals surface area (Å²) in [5, 5.41) is 3.11. The van der Waals surface area contributed by atoms with Crippen molar-refractivity contribution < 1.29 is 0 Å². The van der Waals surface area contributed by atoms with E-state index in [0.717, 1.165) is 33.8 Å². The fourth-order valence-electron chi connectivity index (χ4n) is 1.63. The normalized spacial score (nSPS) is 10.2. The first-order valence-corrected chi connectivity index (χ1v) is 4.33. The molecule has 3 nitrogen and oxygen atoms in total. The molecule has 0 amide bonds. The molecular weight excluding hydrogens is 162 g/mol. The zero-order valence-electron chi connectivity index (χ0n) is 8.65. The van der Waals surface area contributed by atoms with Gasteiger partial charge in [0.05, 0.1) is 0 Å². The lowest BCUT2D eigenvalue weighted by molar-refractivity contribution is 1.30. The number of anilines is 3. The lowest BCUT2D eigenvalue weighted by Gasteiger charge is -2.17. The van der Waals surface area contributed by atoms with Crippen molar-refractivity contribution in [2.24, 2.45) is 0 Å². The quantitative estimate of drug-likeness (QED) is 0.576. The van der Waals surface area contributed by atoms with Crippen molar-refractivity contribution in [1.82, 2.24) is 0 Å². The van der Waals surface area contributed by atoms with Crippen LogP contribution in [0.15, 0.2) is 0 Å². The van der Waals surface area contributed by atoms with Gasteiger partial charge >= 0.3 is 0 Å². The summed E-state index contributed by atoms with van der Waals surface area (Å²) in [6.45, 7) is 5.95. The highest BCUT2D eigenvalue weighted by atomic mass is 14.8. The van der Waals surface area contributed by atoms with Crippen molar-refractivity contribution in [1.29, 1.82) is 0 Å². The third-order valence-corrected chi connectivity index (χ3v) is 2.62. The Balaban J connectivity index is 3.56. The predicted octanol–water partition coefficient (Wildman–Crippen LogP) is 1.82. The van der Waals surface area contributed by atoms with Crippen LogP contribution in [-0.2, 0) is 0 Å². The molecule has 0 spiro atoms. The molecule has 0 bridgehead atoms. The summed E-state index contributed by atoms with van der Waals surface area (Å²) in [4.78, 5) is 0. The predicted molar refractivity (Wildman–Crippen MR) is 59.0 cm³/mol. The van der Waals surface area contributed by atoms with Crippen molar-refractivity contribution in [3.05, 3.63) is 16.7 Å². The first-order chi connectivity index (χ1) is 6.00. The number of hydrogen-bond donors (Lipinski definition) is 3. The van der Waals surface area contributed by atoms with E-state index in [4.69, 9.17) is 11.5 Å². The first kappa shape index (κ1) is 9.71. The van der Waals surface area contributed by atoms with E-state index in [1.807, 2.05) is 27.8 Å². The lowest BCUT2D eigenvalue weighted by atomic mass is 10.00. The topological polar surface area (TPSA) is 64.1 Å². The monoisotopic (exact) mass is 179 g/mol. The van der Waals surface area contributed by atoms with Crippen molar-refractivity contribution in [2.75, 3.05) is 23.8 Å². The average molecular weight is 179 g/mol. The van der Waals surface area contributed by atoms with Crippen LogP contribution >= 0.6 is 0 Å². The van der Waals surface area contributed by atoms with Gasteiger partial charge in [0, 0.05) is 24.1 Å². The SMILES string of the molecule is CNc1c(C)c(N)c(C)c(N)c1C. The largest absolute Gasteiger partial charge is 0.398 e. The van der Waals surface area contributed by atoms with Gasteiger partial charge in [0.1, 0.15) is 0 Å². The molecule has 0 aliphatic carbocycles. The molecule has 0 aromatic heterocycles. The summed E-state index contributed by atoms with van der Waals surface area (Å²) < 4.78 is 0. The molecule has 0 atom stereocenters. The summed E-state index contributed by atoms with van der Waals surface area (Å²) in [7, 11) is 1.88. The van der Waals surface area contributed by atoms with E-state index < -0.39 is 0 Å². The molecule has 1 aromatic carbocycles. The summed E-state index contributed by atoms with van der Waals surface area (Å²) in [5.41, 5.74) is 17.6. The minimum absolute atomic E-state index is 0.785. The maximum Gasteiger partial charge on any atom is 0.0438 e. The van der Waals surface area contributed by atoms with Crippen LogP contribution in [0.5, 0.6) is 0 Å². The van der Waals surface area contributed by atoms with Crippen LogP contribution in [-0.4, -0.2) is 7.05 Å². The Morgan fingerprint density at radius 3 is 1.54 bits per heavy atom. The van der Waals surface area contributed by atoms with Crippen LogP contribution < -0.4 is 16.8 Å². The average Bonchev–Trinajstić information content (AvgIpc) is 2.13. The third kappa shape index (κ3) is 1.30. The second-order valence-electron chi connectivity index (χ2n) is 3.33. The van der Waals surface area contributed by atoms with Crippen LogP contribution in [0, 0.1) is 20.8 Å². The van der Waals surface area contributed by atoms with E-state index in [1.165, 1.54) is 0 Å². The molecule has 0 heterocycles. The standard InChI is InChI=1S/C10H17N3/c1-5-8(11)6(2)10(13-4)7(3)9(5)12/h13H,11-12H2,1-4H3. The fraction of sp³-hybridized carbons (Fsp3) is 0.400. The van der Waals surface area contributed by atoms with Gasteiger partial charge in [-0.1, -0.05) is 0 Å². The van der Waals surface area contributed by atoms with Gasteiger partial charge in [0.25, 0.3) is 0 Å². The van der Waals surface area contributed by atoms with E-state index in [1.54, 1.807) is 0 Å². The number of nitrogens with two attached hydrogens (primary N) is 2. The molecule has 0 fully saturated rings. The molecule has 72 valence electrons. The van der Waals surface area contributed by atoms with Gasteiger partial charge in [0.15, 0.2) is 0 Å². The van der Waals surface area contributed by atoms with Crippen molar-refractivity contribution >= 4 is 17.1 Å². The molecule has 0 saturated heterocycles. The summed E-state index contributed by atoms with van der Waals surface area (Å²) in [6.07, 6.45) is 0. The van der Waals surface area contributed by atoms with Crippen molar-refractivity contribution in [2.45, 2.75) is 20.8 Å². The van der Waals surface area contributed by atoms with E-state index in [2.05, 4.69) is 5.32 Å². The first-order valence-electron chi connectivity index (χ1n) is 4.33. The minimum atomic E-state index is 0.785. The number of rotatable bonds is 1. The Kier molecular flexibility index (Phi) is 2.36. The maximum absolute atomic E-state index is 5.91. The lowest BCUT2D eigenvalue weighted by Crippen LogP contribution is -2.06. The van der Waals surface area contributed by atoms with Crippen LogP contribution in [0.25, 0.3) is 0 Å². The molecule has 1 rings (SSSR count). The number of benzene rings is 1. The van der Waals surface area contributed by atoms with Crippen LogP contribution in [0.2, 0.25) is 0 Å². The Hall–Kier alpha value is -1.38. The van der Waals surface area contributed by atoms with Crippen molar-refractivity contribution in [3.8, 4) is 0 Å². The van der Waals surface area contributed by atoms with Crippen LogP contribution in [0.4, 0.5) is 17.1 Å². The molecule has 1 aromatic rings. The van der Waals surface area contributed by atoms with E-state index in [-0.39, 0.29) is 0 Å². The number of hydrogen-bond acceptors (Lipinski definition) is 3. The van der Waals surface area contributed by atoms with Gasteiger partial charge in [-0.05, 0) is 37.5 Å². The molecular formula is C10H17N3. The molecule has 0 saturated carbocycles. The highest BCUT2D eigenvalue weighted by Gasteiger charge is 2.11. The minimum Gasteiger partial charge on any atom is -0.398 e. The second kappa shape index (κ2) is 3.17. The third-order valence-electron chi connectivity index (χ3n) is 2.62. The summed E-state index contributed by atoms with van der Waals surface area (Å²) >= 11 is 0. The molecule has 0 aliphatic heterocycles.